The number of carbonyl (C=O) groups is 2. The fraction of sp³-hybridized carbons (Fsp3) is 0.241. The number of carbonyl (C=O) groups excluding carboxylic acids is 2. The molecule has 6 rings (SSSR count). The molecular formula is C29H27N3O4. The van der Waals surface area contributed by atoms with Gasteiger partial charge in [-0.3, -0.25) is 9.59 Å². The van der Waals surface area contributed by atoms with Crippen LogP contribution in [0.1, 0.15) is 38.8 Å². The monoisotopic (exact) mass is 481 g/mol. The van der Waals surface area contributed by atoms with Crippen molar-refractivity contribution >= 4 is 22.7 Å². The molecule has 0 unspecified atom stereocenters. The second-order valence-corrected chi connectivity index (χ2v) is 9.22. The normalized spacial score (nSPS) is 17.9. The van der Waals surface area contributed by atoms with Crippen LogP contribution in [0.2, 0.25) is 0 Å². The van der Waals surface area contributed by atoms with Crippen LogP contribution in [-0.2, 0) is 17.6 Å². The summed E-state index contributed by atoms with van der Waals surface area (Å²) in [7, 11) is 3.21. The molecule has 7 nitrogen and oxygen atoms in total. The van der Waals surface area contributed by atoms with Crippen LogP contribution >= 0.6 is 0 Å². The molecule has 0 radical (unpaired) electrons. The minimum atomic E-state index is -0.591. The average molecular weight is 482 g/mol. The Kier molecular flexibility index (Phi) is 5.40. The van der Waals surface area contributed by atoms with Crippen molar-refractivity contribution in [2.75, 3.05) is 20.8 Å². The highest BCUT2D eigenvalue weighted by Crippen LogP contribution is 2.46. The van der Waals surface area contributed by atoms with E-state index in [1.165, 1.54) is 0 Å². The first-order valence-corrected chi connectivity index (χ1v) is 12.1. The van der Waals surface area contributed by atoms with Crippen molar-refractivity contribution in [2.24, 2.45) is 0 Å². The molecule has 2 atom stereocenters. The Balaban J connectivity index is 1.29. The molecule has 7 heteroatoms. The van der Waals surface area contributed by atoms with E-state index in [4.69, 9.17) is 9.47 Å². The zero-order valence-electron chi connectivity index (χ0n) is 20.2. The highest BCUT2D eigenvalue weighted by molar-refractivity contribution is 6.03. The van der Waals surface area contributed by atoms with Crippen molar-refractivity contribution in [3.05, 3.63) is 94.7 Å². The van der Waals surface area contributed by atoms with Crippen LogP contribution in [0.3, 0.4) is 0 Å². The van der Waals surface area contributed by atoms with Gasteiger partial charge in [-0.2, -0.15) is 0 Å². The summed E-state index contributed by atoms with van der Waals surface area (Å²) in [6, 6.07) is 20.6. The SMILES string of the molecule is COc1ccc(CCNC(=O)[C@@H]2Cc3c([nH]c4ccccc34)[C@H]3c4ccccc4C(=O)N32)cc1OC. The van der Waals surface area contributed by atoms with Gasteiger partial charge in [-0.25, -0.2) is 0 Å². The number of aromatic nitrogens is 1. The Morgan fingerprint density at radius 1 is 1.03 bits per heavy atom. The van der Waals surface area contributed by atoms with E-state index in [9.17, 15) is 9.59 Å². The highest BCUT2D eigenvalue weighted by atomic mass is 16.5. The lowest BCUT2D eigenvalue weighted by Gasteiger charge is -2.37. The van der Waals surface area contributed by atoms with E-state index in [1.807, 2.05) is 60.7 Å². The van der Waals surface area contributed by atoms with Gasteiger partial charge in [-0.05, 0) is 47.4 Å². The second kappa shape index (κ2) is 8.75. The molecule has 36 heavy (non-hydrogen) atoms. The average Bonchev–Trinajstić information content (AvgIpc) is 3.43. The molecule has 0 spiro atoms. The number of ether oxygens (including phenoxy) is 2. The minimum absolute atomic E-state index is 0.0973. The predicted molar refractivity (Wildman–Crippen MR) is 137 cm³/mol. The summed E-state index contributed by atoms with van der Waals surface area (Å²) in [5, 5.41) is 4.19. The fourth-order valence-corrected chi connectivity index (χ4v) is 5.62. The van der Waals surface area contributed by atoms with E-state index < -0.39 is 6.04 Å². The number of nitrogens with one attached hydrogen (secondary N) is 2. The quantitative estimate of drug-likeness (QED) is 0.436. The van der Waals surface area contributed by atoms with E-state index in [2.05, 4.69) is 16.4 Å². The predicted octanol–water partition coefficient (Wildman–Crippen LogP) is 4.01. The highest BCUT2D eigenvalue weighted by Gasteiger charge is 2.48. The number of fused-ring (bicyclic) bond motifs is 7. The van der Waals surface area contributed by atoms with Gasteiger partial charge in [0.1, 0.15) is 6.04 Å². The maximum Gasteiger partial charge on any atom is 0.255 e. The first-order chi connectivity index (χ1) is 17.6. The number of hydrogen-bond donors (Lipinski definition) is 2. The number of amides is 2. The van der Waals surface area contributed by atoms with Crippen molar-refractivity contribution in [3.8, 4) is 11.5 Å². The lowest BCUT2D eigenvalue weighted by molar-refractivity contribution is -0.126. The molecule has 4 aromatic rings. The zero-order chi connectivity index (χ0) is 24.8. The number of aromatic amines is 1. The van der Waals surface area contributed by atoms with Crippen molar-refractivity contribution in [1.29, 1.82) is 0 Å². The van der Waals surface area contributed by atoms with E-state index in [0.717, 1.165) is 33.3 Å². The van der Waals surface area contributed by atoms with Gasteiger partial charge in [0.25, 0.3) is 5.91 Å². The van der Waals surface area contributed by atoms with E-state index in [-0.39, 0.29) is 17.9 Å². The molecule has 2 N–H and O–H groups in total. The van der Waals surface area contributed by atoms with Crippen LogP contribution in [0.25, 0.3) is 10.9 Å². The number of rotatable bonds is 6. The molecule has 0 saturated carbocycles. The van der Waals surface area contributed by atoms with Gasteiger partial charge in [0, 0.05) is 35.1 Å². The largest absolute Gasteiger partial charge is 0.493 e. The number of benzene rings is 3. The Labute approximate surface area is 209 Å². The molecule has 2 aliphatic heterocycles. The number of hydrogen-bond acceptors (Lipinski definition) is 4. The summed E-state index contributed by atoms with van der Waals surface area (Å²) in [6.45, 7) is 0.450. The molecule has 1 aromatic heterocycles. The van der Waals surface area contributed by atoms with Crippen molar-refractivity contribution in [3.63, 3.8) is 0 Å². The summed E-state index contributed by atoms with van der Waals surface area (Å²) in [6.07, 6.45) is 1.10. The van der Waals surface area contributed by atoms with Crippen molar-refractivity contribution in [2.45, 2.75) is 24.9 Å². The third-order valence-corrected chi connectivity index (χ3v) is 7.32. The van der Waals surface area contributed by atoms with Gasteiger partial charge < -0.3 is 24.7 Å². The first-order valence-electron chi connectivity index (χ1n) is 12.1. The van der Waals surface area contributed by atoms with Crippen LogP contribution in [-0.4, -0.2) is 48.5 Å². The summed E-state index contributed by atoms with van der Waals surface area (Å²) >= 11 is 0. The summed E-state index contributed by atoms with van der Waals surface area (Å²) in [5.74, 6) is 1.08. The van der Waals surface area contributed by atoms with E-state index in [0.29, 0.717) is 36.4 Å². The maximum absolute atomic E-state index is 13.6. The van der Waals surface area contributed by atoms with E-state index in [1.54, 1.807) is 19.1 Å². The van der Waals surface area contributed by atoms with Gasteiger partial charge in [-0.1, -0.05) is 42.5 Å². The van der Waals surface area contributed by atoms with E-state index >= 15 is 0 Å². The third kappa shape index (κ3) is 3.42. The number of methoxy groups -OCH3 is 2. The summed E-state index contributed by atoms with van der Waals surface area (Å²) < 4.78 is 10.7. The molecule has 0 aliphatic carbocycles. The standard InChI is InChI=1S/C29H27N3O4/c1-35-24-12-11-17(15-25(24)36-2)13-14-30-28(33)23-16-21-18-7-5-6-10-22(18)31-26(21)27-19-8-3-4-9-20(19)29(34)32(23)27/h3-12,15,23,27,31H,13-14,16H2,1-2H3,(H,30,33)/t23-,27+/m0/s1. The number of nitrogens with zero attached hydrogens (tertiary/aromatic N) is 1. The minimum Gasteiger partial charge on any atom is -0.493 e. The molecular weight excluding hydrogens is 454 g/mol. The van der Waals surface area contributed by atoms with Gasteiger partial charge >= 0.3 is 0 Å². The molecule has 0 fully saturated rings. The second-order valence-electron chi connectivity index (χ2n) is 9.22. The van der Waals surface area contributed by atoms with Crippen LogP contribution in [0.4, 0.5) is 0 Å². The van der Waals surface area contributed by atoms with Crippen LogP contribution in [0.15, 0.2) is 66.7 Å². The van der Waals surface area contributed by atoms with Gasteiger partial charge in [-0.15, -0.1) is 0 Å². The van der Waals surface area contributed by atoms with Gasteiger partial charge in [0.05, 0.1) is 20.3 Å². The first kappa shape index (κ1) is 22.2. The number of H-pyrrole nitrogens is 1. The summed E-state index contributed by atoms with van der Waals surface area (Å²) in [5.41, 5.74) is 5.77. The Morgan fingerprint density at radius 3 is 2.64 bits per heavy atom. The molecule has 0 saturated heterocycles. The Bertz CT molecular complexity index is 1490. The zero-order valence-corrected chi connectivity index (χ0v) is 20.2. The van der Waals surface area contributed by atoms with Crippen molar-refractivity contribution in [1.82, 2.24) is 15.2 Å². The van der Waals surface area contributed by atoms with Gasteiger partial charge in [0.2, 0.25) is 5.91 Å². The number of para-hydroxylation sites is 1. The molecule has 182 valence electrons. The van der Waals surface area contributed by atoms with Gasteiger partial charge in [0.15, 0.2) is 11.5 Å². The lowest BCUT2D eigenvalue weighted by atomic mass is 9.90. The van der Waals surface area contributed by atoms with Crippen LogP contribution < -0.4 is 14.8 Å². The Morgan fingerprint density at radius 2 is 1.81 bits per heavy atom. The molecule has 3 aromatic carbocycles. The van der Waals surface area contributed by atoms with Crippen LogP contribution in [0.5, 0.6) is 11.5 Å². The maximum atomic E-state index is 13.6. The van der Waals surface area contributed by atoms with Crippen LogP contribution in [0, 0.1) is 0 Å². The molecule has 2 aliphatic rings. The topological polar surface area (TPSA) is 83.7 Å². The summed E-state index contributed by atoms with van der Waals surface area (Å²) in [4.78, 5) is 32.4. The molecule has 0 bridgehead atoms. The Hall–Kier alpha value is -4.26. The smallest absolute Gasteiger partial charge is 0.255 e. The third-order valence-electron chi connectivity index (χ3n) is 7.32. The van der Waals surface area contributed by atoms with Crippen molar-refractivity contribution < 1.29 is 19.1 Å². The lowest BCUT2D eigenvalue weighted by Crippen LogP contribution is -2.52. The molecule has 2 amide bonds. The fourth-order valence-electron chi connectivity index (χ4n) is 5.62. The molecule has 3 heterocycles.